The molecule has 0 aromatic carbocycles. The first kappa shape index (κ1) is 15.0. The van der Waals surface area contributed by atoms with Gasteiger partial charge in [-0.3, -0.25) is 0 Å². The van der Waals surface area contributed by atoms with Gasteiger partial charge < -0.3 is 4.74 Å². The predicted octanol–water partition coefficient (Wildman–Crippen LogP) is 3.74. The molecule has 0 saturated heterocycles. The van der Waals surface area contributed by atoms with Crippen LogP contribution in [-0.4, -0.2) is 22.4 Å². The van der Waals surface area contributed by atoms with E-state index < -0.39 is 11.9 Å². The Morgan fingerprint density at radius 1 is 1.26 bits per heavy atom. The van der Waals surface area contributed by atoms with Gasteiger partial charge >= 0.3 is 11.9 Å². The molecule has 106 valence electrons. The van der Waals surface area contributed by atoms with Crippen LogP contribution in [0.3, 0.4) is 0 Å². The highest BCUT2D eigenvalue weighted by Crippen LogP contribution is 2.45. The molecule has 0 aromatic rings. The van der Waals surface area contributed by atoms with Crippen molar-refractivity contribution in [3.8, 4) is 0 Å². The van der Waals surface area contributed by atoms with Crippen molar-refractivity contribution in [2.75, 3.05) is 5.75 Å². The van der Waals surface area contributed by atoms with Crippen molar-refractivity contribution < 1.29 is 14.3 Å². The second kappa shape index (κ2) is 5.92. The van der Waals surface area contributed by atoms with E-state index in [0.29, 0.717) is 15.7 Å². The third-order valence-electron chi connectivity index (χ3n) is 3.46. The van der Waals surface area contributed by atoms with Gasteiger partial charge in [-0.25, -0.2) is 9.59 Å². The zero-order valence-corrected chi connectivity index (χ0v) is 13.3. The molecule has 0 amide bonds. The maximum Gasteiger partial charge on any atom is 0.353 e. The largest absolute Gasteiger partial charge is 0.385 e. The van der Waals surface area contributed by atoms with Crippen molar-refractivity contribution in [2.45, 2.75) is 51.2 Å². The van der Waals surface area contributed by atoms with Crippen molar-refractivity contribution in [2.24, 2.45) is 5.92 Å². The number of hydrogen-bond acceptors (Lipinski definition) is 5. The number of esters is 2. The van der Waals surface area contributed by atoms with Crippen molar-refractivity contribution in [3.05, 3.63) is 9.81 Å². The molecule has 0 aliphatic carbocycles. The number of rotatable bonds is 2. The molecule has 2 heterocycles. The highest BCUT2D eigenvalue weighted by atomic mass is 32.2. The zero-order chi connectivity index (χ0) is 14.0. The smallest absolute Gasteiger partial charge is 0.353 e. The van der Waals surface area contributed by atoms with E-state index in [9.17, 15) is 9.59 Å². The Morgan fingerprint density at radius 2 is 1.95 bits per heavy atom. The summed E-state index contributed by atoms with van der Waals surface area (Å²) in [5, 5.41) is 0. The molecule has 0 radical (unpaired) electrons. The molecule has 0 spiro atoms. The number of carbonyl (C=O) groups excluding carboxylic acids is 2. The van der Waals surface area contributed by atoms with Crippen LogP contribution in [0.5, 0.6) is 0 Å². The summed E-state index contributed by atoms with van der Waals surface area (Å²) in [7, 11) is 0. The van der Waals surface area contributed by atoms with Crippen molar-refractivity contribution in [1.82, 2.24) is 0 Å². The molecule has 0 aromatic heterocycles. The summed E-state index contributed by atoms with van der Waals surface area (Å²) in [6, 6.07) is 0. The van der Waals surface area contributed by atoms with E-state index in [-0.39, 0.29) is 4.75 Å². The number of thioether (sulfide) groups is 2. The predicted molar refractivity (Wildman–Crippen MR) is 79.9 cm³/mol. The van der Waals surface area contributed by atoms with Crippen LogP contribution in [0.25, 0.3) is 0 Å². The minimum absolute atomic E-state index is 0.0267. The maximum atomic E-state index is 11.8. The molecule has 1 unspecified atom stereocenters. The van der Waals surface area contributed by atoms with Gasteiger partial charge in [-0.1, -0.05) is 27.2 Å². The molecule has 19 heavy (non-hydrogen) atoms. The molecule has 2 aliphatic rings. The standard InChI is InChI=1S/C14H20O3S2/c1-4-5-9-6-7-14(2,3)19-11-10(18-8-9)12(15)17-13(11)16/h9H,4-8H2,1-3H3. The van der Waals surface area contributed by atoms with Crippen LogP contribution in [0.4, 0.5) is 0 Å². The lowest BCUT2D eigenvalue weighted by atomic mass is 9.95. The lowest BCUT2D eigenvalue weighted by Crippen LogP contribution is -2.18. The first-order chi connectivity index (χ1) is 8.93. The average molecular weight is 300 g/mol. The van der Waals surface area contributed by atoms with E-state index in [1.807, 2.05) is 0 Å². The first-order valence-electron chi connectivity index (χ1n) is 6.75. The first-order valence-corrected chi connectivity index (χ1v) is 8.56. The van der Waals surface area contributed by atoms with Crippen molar-refractivity contribution >= 4 is 35.5 Å². The van der Waals surface area contributed by atoms with E-state index in [4.69, 9.17) is 4.74 Å². The van der Waals surface area contributed by atoms with E-state index >= 15 is 0 Å². The fraction of sp³-hybridized carbons (Fsp3) is 0.714. The van der Waals surface area contributed by atoms with E-state index in [0.717, 1.165) is 25.0 Å². The number of carbonyl (C=O) groups is 2. The van der Waals surface area contributed by atoms with Gasteiger partial charge in [-0.05, 0) is 25.2 Å². The average Bonchev–Trinajstić information content (AvgIpc) is 2.60. The summed E-state index contributed by atoms with van der Waals surface area (Å²) in [6.07, 6.45) is 4.55. The molecule has 1 atom stereocenters. The van der Waals surface area contributed by atoms with E-state index in [1.54, 1.807) is 0 Å². The molecule has 2 aliphatic heterocycles. The molecule has 5 heteroatoms. The summed E-state index contributed by atoms with van der Waals surface area (Å²) in [5.41, 5.74) is 0. The van der Waals surface area contributed by atoms with Gasteiger partial charge in [0.15, 0.2) is 0 Å². The molecule has 0 bridgehead atoms. The van der Waals surface area contributed by atoms with Crippen molar-refractivity contribution in [3.63, 3.8) is 0 Å². The van der Waals surface area contributed by atoms with Crippen molar-refractivity contribution in [1.29, 1.82) is 0 Å². The SMILES string of the molecule is CCCC1CCC(C)(C)SC2=C(SC1)C(=O)OC2=O. The van der Waals surface area contributed by atoms with E-state index in [1.165, 1.54) is 29.9 Å². The Balaban J connectivity index is 2.25. The van der Waals surface area contributed by atoms with Crippen LogP contribution in [0.2, 0.25) is 0 Å². The Labute approximate surface area is 122 Å². The second-order valence-corrected chi connectivity index (χ2v) is 8.45. The Kier molecular flexibility index (Phi) is 4.66. The van der Waals surface area contributed by atoms with E-state index in [2.05, 4.69) is 20.8 Å². The third-order valence-corrected chi connectivity index (χ3v) is 6.21. The van der Waals surface area contributed by atoms with Gasteiger partial charge in [0.05, 0.1) is 0 Å². The monoisotopic (exact) mass is 300 g/mol. The summed E-state index contributed by atoms with van der Waals surface area (Å²) in [6.45, 7) is 6.46. The minimum Gasteiger partial charge on any atom is -0.385 e. The molecule has 0 fully saturated rings. The quantitative estimate of drug-likeness (QED) is 0.574. The zero-order valence-electron chi connectivity index (χ0n) is 11.7. The molecule has 0 N–H and O–H groups in total. The van der Waals surface area contributed by atoms with Gasteiger partial charge in [0.1, 0.15) is 9.81 Å². The normalized spacial score (nSPS) is 27.4. The highest BCUT2D eigenvalue weighted by molar-refractivity contribution is 8.08. The molecular weight excluding hydrogens is 280 g/mol. The fourth-order valence-electron chi connectivity index (χ4n) is 2.37. The Morgan fingerprint density at radius 3 is 2.63 bits per heavy atom. The van der Waals surface area contributed by atoms with Crippen LogP contribution in [0, 0.1) is 5.92 Å². The third kappa shape index (κ3) is 3.57. The lowest BCUT2D eigenvalue weighted by Gasteiger charge is -2.25. The molecule has 2 rings (SSSR count). The topological polar surface area (TPSA) is 43.4 Å². The number of ether oxygens (including phenoxy) is 1. The highest BCUT2D eigenvalue weighted by Gasteiger charge is 2.38. The summed E-state index contributed by atoms with van der Waals surface area (Å²) in [4.78, 5) is 24.6. The van der Waals surface area contributed by atoms with Crippen LogP contribution < -0.4 is 0 Å². The molecule has 3 nitrogen and oxygen atoms in total. The fourth-order valence-corrected chi connectivity index (χ4v) is 4.86. The van der Waals surface area contributed by atoms with Gasteiger partial charge in [-0.2, -0.15) is 0 Å². The lowest BCUT2D eigenvalue weighted by molar-refractivity contribution is -0.150. The summed E-state index contributed by atoms with van der Waals surface area (Å²) in [5.74, 6) is 0.612. The van der Waals surface area contributed by atoms with Crippen LogP contribution >= 0.6 is 23.5 Å². The molecular formula is C14H20O3S2. The second-order valence-electron chi connectivity index (χ2n) is 5.70. The van der Waals surface area contributed by atoms with Gasteiger partial charge in [0.2, 0.25) is 0 Å². The Hall–Kier alpha value is -0.420. The van der Waals surface area contributed by atoms with Gasteiger partial charge in [0.25, 0.3) is 0 Å². The van der Waals surface area contributed by atoms with Crippen LogP contribution in [0.15, 0.2) is 9.81 Å². The number of hydrogen-bond donors (Lipinski definition) is 0. The molecule has 0 saturated carbocycles. The Bertz CT molecular complexity index is 426. The maximum absolute atomic E-state index is 11.8. The summed E-state index contributed by atoms with van der Waals surface area (Å²) < 4.78 is 4.73. The van der Waals surface area contributed by atoms with Crippen LogP contribution in [0.1, 0.15) is 46.5 Å². The number of cyclic esters (lactones) is 2. The van der Waals surface area contributed by atoms with Gasteiger partial charge in [0, 0.05) is 10.5 Å². The minimum atomic E-state index is -0.459. The van der Waals surface area contributed by atoms with Gasteiger partial charge in [-0.15, -0.1) is 23.5 Å². The summed E-state index contributed by atoms with van der Waals surface area (Å²) >= 11 is 3.01. The van der Waals surface area contributed by atoms with Crippen LogP contribution in [-0.2, 0) is 14.3 Å².